The number of aromatic hydroxyl groups is 1. The lowest BCUT2D eigenvalue weighted by atomic mass is 10.1. The first-order valence-electron chi connectivity index (χ1n) is 3.70. The summed E-state index contributed by atoms with van der Waals surface area (Å²) < 4.78 is 10.8. The molecule has 0 bridgehead atoms. The normalized spacial score (nSPS) is 14.8. The zero-order valence-corrected chi connectivity index (χ0v) is 8.30. The Morgan fingerprint density at radius 2 is 2.31 bits per heavy atom. The number of phenolic OH excluding ortho intramolecular Hbond substituents is 1. The largest absolute Gasteiger partial charge is 0.505 e. The second kappa shape index (κ2) is 3.08. The SMILES string of the molecule is Nc1c(O)c(Br)cc2c1OCOC2. The minimum atomic E-state index is 0.0145. The van der Waals surface area contributed by atoms with Crippen LogP contribution in [0.4, 0.5) is 5.69 Å². The van der Waals surface area contributed by atoms with Crippen molar-refractivity contribution >= 4 is 21.6 Å². The molecule has 4 nitrogen and oxygen atoms in total. The van der Waals surface area contributed by atoms with E-state index in [-0.39, 0.29) is 18.2 Å². The lowest BCUT2D eigenvalue weighted by Gasteiger charge is -2.20. The number of anilines is 1. The molecule has 5 heteroatoms. The third kappa shape index (κ3) is 1.34. The molecule has 2 rings (SSSR count). The Morgan fingerprint density at radius 1 is 1.54 bits per heavy atom. The molecule has 0 amide bonds. The highest BCUT2D eigenvalue weighted by Gasteiger charge is 2.18. The van der Waals surface area contributed by atoms with Gasteiger partial charge in [-0.25, -0.2) is 0 Å². The summed E-state index contributed by atoms with van der Waals surface area (Å²) in [5.41, 5.74) is 6.74. The summed E-state index contributed by atoms with van der Waals surface area (Å²) in [4.78, 5) is 0. The molecular formula is C8H8BrNO3. The van der Waals surface area contributed by atoms with E-state index in [1.165, 1.54) is 0 Å². The van der Waals surface area contributed by atoms with Crippen LogP contribution in [0, 0.1) is 0 Å². The van der Waals surface area contributed by atoms with Gasteiger partial charge in [-0.3, -0.25) is 0 Å². The van der Waals surface area contributed by atoms with Crippen molar-refractivity contribution in [2.24, 2.45) is 0 Å². The first kappa shape index (κ1) is 8.65. The van der Waals surface area contributed by atoms with Crippen LogP contribution in [-0.4, -0.2) is 11.9 Å². The minimum absolute atomic E-state index is 0.0145. The fourth-order valence-corrected chi connectivity index (χ4v) is 1.72. The van der Waals surface area contributed by atoms with Crippen LogP contribution in [0.5, 0.6) is 11.5 Å². The molecule has 1 aliphatic heterocycles. The number of nitrogens with two attached hydrogens (primary N) is 1. The quantitative estimate of drug-likeness (QED) is 0.539. The average molecular weight is 246 g/mol. The number of hydrogen-bond donors (Lipinski definition) is 2. The monoisotopic (exact) mass is 245 g/mol. The molecule has 0 radical (unpaired) electrons. The minimum Gasteiger partial charge on any atom is -0.505 e. The molecule has 0 aromatic heterocycles. The molecule has 0 saturated carbocycles. The molecular weight excluding hydrogens is 238 g/mol. The summed E-state index contributed by atoms with van der Waals surface area (Å²) >= 11 is 3.18. The average Bonchev–Trinajstić information content (AvgIpc) is 2.15. The van der Waals surface area contributed by atoms with Crippen molar-refractivity contribution in [3.63, 3.8) is 0 Å². The lowest BCUT2D eigenvalue weighted by molar-refractivity contribution is -0.0159. The Balaban J connectivity index is 2.60. The maximum atomic E-state index is 9.47. The number of hydrogen-bond acceptors (Lipinski definition) is 4. The molecule has 0 spiro atoms. The van der Waals surface area contributed by atoms with Gasteiger partial charge in [0.1, 0.15) is 5.69 Å². The molecule has 1 aromatic rings. The van der Waals surface area contributed by atoms with Crippen LogP contribution >= 0.6 is 15.9 Å². The van der Waals surface area contributed by atoms with Gasteiger partial charge in [-0.05, 0) is 22.0 Å². The molecule has 0 atom stereocenters. The van der Waals surface area contributed by atoms with Gasteiger partial charge in [-0.2, -0.15) is 0 Å². The molecule has 0 aliphatic carbocycles. The molecule has 3 N–H and O–H groups in total. The number of phenols is 1. The summed E-state index contributed by atoms with van der Waals surface area (Å²) in [5.74, 6) is 0.535. The van der Waals surface area contributed by atoms with Crippen molar-refractivity contribution in [3.05, 3.63) is 16.1 Å². The number of nitrogen functional groups attached to an aromatic ring is 1. The van der Waals surface area contributed by atoms with E-state index in [1.807, 2.05) is 0 Å². The molecule has 0 unspecified atom stereocenters. The summed E-state index contributed by atoms with van der Waals surface area (Å²) in [7, 11) is 0. The van der Waals surface area contributed by atoms with Gasteiger partial charge in [0.25, 0.3) is 0 Å². The number of halogens is 1. The zero-order chi connectivity index (χ0) is 9.42. The van der Waals surface area contributed by atoms with Crippen LogP contribution in [-0.2, 0) is 11.3 Å². The Kier molecular flexibility index (Phi) is 2.05. The van der Waals surface area contributed by atoms with Crippen molar-refractivity contribution in [2.75, 3.05) is 12.5 Å². The molecule has 70 valence electrons. The van der Waals surface area contributed by atoms with Crippen LogP contribution in [0.15, 0.2) is 10.5 Å². The molecule has 1 aromatic carbocycles. The van der Waals surface area contributed by atoms with Crippen molar-refractivity contribution in [2.45, 2.75) is 6.61 Å². The smallest absolute Gasteiger partial charge is 0.189 e. The number of fused-ring (bicyclic) bond motifs is 1. The molecule has 0 saturated heterocycles. The van der Waals surface area contributed by atoms with Crippen molar-refractivity contribution < 1.29 is 14.6 Å². The summed E-state index contributed by atoms with van der Waals surface area (Å²) in [6.07, 6.45) is 0. The summed E-state index contributed by atoms with van der Waals surface area (Å²) in [5, 5.41) is 9.47. The van der Waals surface area contributed by atoms with Crippen molar-refractivity contribution in [1.29, 1.82) is 0 Å². The predicted octanol–water partition coefficient (Wildman–Crippen LogP) is 1.60. The third-order valence-corrected chi connectivity index (χ3v) is 2.47. The summed E-state index contributed by atoms with van der Waals surface area (Å²) in [6, 6.07) is 1.74. The van der Waals surface area contributed by atoms with Crippen LogP contribution in [0.1, 0.15) is 5.56 Å². The Morgan fingerprint density at radius 3 is 3.08 bits per heavy atom. The van der Waals surface area contributed by atoms with Gasteiger partial charge in [0.2, 0.25) is 0 Å². The van der Waals surface area contributed by atoms with Gasteiger partial charge >= 0.3 is 0 Å². The highest BCUT2D eigenvalue weighted by atomic mass is 79.9. The number of rotatable bonds is 0. The number of ether oxygens (including phenoxy) is 2. The number of benzene rings is 1. The maximum Gasteiger partial charge on any atom is 0.189 e. The van der Waals surface area contributed by atoms with E-state index >= 15 is 0 Å². The zero-order valence-electron chi connectivity index (χ0n) is 6.71. The van der Waals surface area contributed by atoms with E-state index in [2.05, 4.69) is 15.9 Å². The first-order chi connectivity index (χ1) is 6.20. The van der Waals surface area contributed by atoms with Gasteiger partial charge in [0, 0.05) is 5.56 Å². The fraction of sp³-hybridized carbons (Fsp3) is 0.250. The van der Waals surface area contributed by atoms with E-state index < -0.39 is 0 Å². The first-order valence-corrected chi connectivity index (χ1v) is 4.50. The topological polar surface area (TPSA) is 64.7 Å². The summed E-state index contributed by atoms with van der Waals surface area (Å²) in [6.45, 7) is 0.636. The van der Waals surface area contributed by atoms with E-state index in [0.29, 0.717) is 16.8 Å². The van der Waals surface area contributed by atoms with E-state index in [4.69, 9.17) is 15.2 Å². The Bertz CT molecular complexity index is 354. The highest BCUT2D eigenvalue weighted by molar-refractivity contribution is 9.10. The molecule has 0 fully saturated rings. The highest BCUT2D eigenvalue weighted by Crippen LogP contribution is 2.41. The predicted molar refractivity (Wildman–Crippen MR) is 50.5 cm³/mol. The van der Waals surface area contributed by atoms with Crippen molar-refractivity contribution in [1.82, 2.24) is 0 Å². The second-order valence-electron chi connectivity index (χ2n) is 2.72. The Hall–Kier alpha value is -0.940. The van der Waals surface area contributed by atoms with Gasteiger partial charge in [-0.1, -0.05) is 0 Å². The maximum absolute atomic E-state index is 9.47. The van der Waals surface area contributed by atoms with E-state index in [1.54, 1.807) is 6.07 Å². The van der Waals surface area contributed by atoms with Crippen molar-refractivity contribution in [3.8, 4) is 11.5 Å². The van der Waals surface area contributed by atoms with Gasteiger partial charge in [0.15, 0.2) is 18.3 Å². The van der Waals surface area contributed by atoms with Crippen LogP contribution in [0.2, 0.25) is 0 Å². The lowest BCUT2D eigenvalue weighted by Crippen LogP contribution is -2.13. The van der Waals surface area contributed by atoms with Crippen LogP contribution in [0.25, 0.3) is 0 Å². The van der Waals surface area contributed by atoms with Crippen LogP contribution < -0.4 is 10.5 Å². The standard InChI is InChI=1S/C8H8BrNO3/c9-5-1-4-2-12-3-13-8(4)6(10)7(5)11/h1,11H,2-3,10H2. The van der Waals surface area contributed by atoms with Gasteiger partial charge in [-0.15, -0.1) is 0 Å². The fourth-order valence-electron chi connectivity index (χ4n) is 1.23. The Labute approximate surface area is 83.4 Å². The van der Waals surface area contributed by atoms with E-state index in [9.17, 15) is 5.11 Å². The van der Waals surface area contributed by atoms with Crippen LogP contribution in [0.3, 0.4) is 0 Å². The third-order valence-electron chi connectivity index (χ3n) is 1.86. The second-order valence-corrected chi connectivity index (χ2v) is 3.57. The molecule has 1 heterocycles. The molecule has 1 aliphatic rings. The van der Waals surface area contributed by atoms with E-state index in [0.717, 1.165) is 5.56 Å². The van der Waals surface area contributed by atoms with Gasteiger partial charge in [0.05, 0.1) is 11.1 Å². The molecule has 13 heavy (non-hydrogen) atoms. The van der Waals surface area contributed by atoms with Gasteiger partial charge < -0.3 is 20.3 Å².